The highest BCUT2D eigenvalue weighted by Gasteiger charge is 2.33. The van der Waals surface area contributed by atoms with Crippen LogP contribution in [0.25, 0.3) is 0 Å². The van der Waals surface area contributed by atoms with Gasteiger partial charge in [0.2, 0.25) is 0 Å². The fraction of sp³-hybridized carbons (Fsp3) is 0.682. The molecule has 0 heterocycles. The second-order valence-electron chi connectivity index (χ2n) is 6.87. The quantitative estimate of drug-likeness (QED) is 0.203. The van der Waals surface area contributed by atoms with Crippen molar-refractivity contribution in [2.45, 2.75) is 90.1 Å². The number of alkyl halides is 3. The van der Waals surface area contributed by atoms with E-state index in [9.17, 15) is 13.2 Å². The lowest BCUT2D eigenvalue weighted by Gasteiger charge is -2.10. The van der Waals surface area contributed by atoms with Crippen molar-refractivity contribution in [3.05, 3.63) is 36.7 Å². The summed E-state index contributed by atoms with van der Waals surface area (Å²) in [5, 5.41) is 2.93. The molecule has 0 saturated heterocycles. The zero-order chi connectivity index (χ0) is 20.4. The average molecular weight is 387 g/mol. The number of rotatable bonds is 17. The second kappa shape index (κ2) is 16.6. The maximum atomic E-state index is 12.8. The van der Waals surface area contributed by atoms with Crippen LogP contribution in [-0.2, 0) is 0 Å². The summed E-state index contributed by atoms with van der Waals surface area (Å²) in [5.74, 6) is 0. The monoisotopic (exact) mass is 386 g/mol. The molecule has 0 radical (unpaired) electrons. The molecule has 1 N–H and O–H groups in total. The molecule has 156 valence electrons. The smallest absolute Gasteiger partial charge is 0.385 e. The van der Waals surface area contributed by atoms with E-state index in [-0.39, 0.29) is 6.54 Å². The summed E-state index contributed by atoms with van der Waals surface area (Å²) < 4.78 is 38.3. The van der Waals surface area contributed by atoms with Crippen molar-refractivity contribution in [2.24, 2.45) is 4.99 Å². The molecule has 0 rings (SSSR count). The Morgan fingerprint density at radius 1 is 0.926 bits per heavy atom. The van der Waals surface area contributed by atoms with Crippen LogP contribution in [0.1, 0.15) is 84.0 Å². The van der Waals surface area contributed by atoms with Gasteiger partial charge in [-0.25, -0.2) is 0 Å². The highest BCUT2D eigenvalue weighted by Crippen LogP contribution is 2.26. The first kappa shape index (κ1) is 25.5. The molecule has 0 fully saturated rings. The molecule has 0 aromatic heterocycles. The van der Waals surface area contributed by atoms with Gasteiger partial charge in [0.15, 0.2) is 0 Å². The van der Waals surface area contributed by atoms with Crippen LogP contribution in [0.2, 0.25) is 0 Å². The topological polar surface area (TPSA) is 24.4 Å². The van der Waals surface area contributed by atoms with Crippen LogP contribution in [0.15, 0.2) is 41.7 Å². The number of unbranched alkanes of at least 4 members (excludes halogenated alkanes) is 10. The number of allylic oxidation sites excluding steroid dienone is 3. The molecular formula is C22H37F3N2. The Morgan fingerprint density at radius 2 is 1.44 bits per heavy atom. The van der Waals surface area contributed by atoms with E-state index in [1.54, 1.807) is 0 Å². The van der Waals surface area contributed by atoms with Crippen LogP contribution >= 0.6 is 0 Å². The zero-order valence-corrected chi connectivity index (χ0v) is 16.9. The van der Waals surface area contributed by atoms with Gasteiger partial charge in [-0.2, -0.15) is 13.2 Å². The number of nitrogens with zero attached hydrogens (tertiary/aromatic N) is 1. The summed E-state index contributed by atoms with van der Waals surface area (Å²) in [6, 6.07) is 0. The molecule has 0 aliphatic heterocycles. The van der Waals surface area contributed by atoms with Gasteiger partial charge >= 0.3 is 6.18 Å². The minimum Gasteiger partial charge on any atom is -0.385 e. The Bertz CT molecular complexity index is 451. The summed E-state index contributed by atoms with van der Waals surface area (Å²) >= 11 is 0. The van der Waals surface area contributed by atoms with Crippen molar-refractivity contribution in [3.63, 3.8) is 0 Å². The average Bonchev–Trinajstić information content (AvgIpc) is 2.61. The Morgan fingerprint density at radius 3 is 1.93 bits per heavy atom. The molecule has 0 unspecified atom stereocenters. The van der Waals surface area contributed by atoms with E-state index in [2.05, 4.69) is 30.4 Å². The molecule has 0 aliphatic rings. The third-order valence-electron chi connectivity index (χ3n) is 4.34. The second-order valence-corrected chi connectivity index (χ2v) is 6.87. The van der Waals surface area contributed by atoms with Gasteiger partial charge in [0.05, 0.1) is 0 Å². The zero-order valence-electron chi connectivity index (χ0n) is 16.9. The first-order valence-electron chi connectivity index (χ1n) is 10.3. The lowest BCUT2D eigenvalue weighted by molar-refractivity contribution is -0.0924. The minimum absolute atomic E-state index is 0.0696. The first-order valence-corrected chi connectivity index (χ1v) is 10.3. The predicted octanol–water partition coefficient (Wildman–Crippen LogP) is 7.49. The van der Waals surface area contributed by atoms with Crippen LogP contribution in [0.3, 0.4) is 0 Å². The molecule has 0 aliphatic carbocycles. The summed E-state index contributed by atoms with van der Waals surface area (Å²) in [6.07, 6.45) is 13.7. The molecule has 5 heteroatoms. The number of aliphatic imine (C=N–C) groups is 1. The highest BCUT2D eigenvalue weighted by molar-refractivity contribution is 5.71. The van der Waals surface area contributed by atoms with Crippen molar-refractivity contribution in [1.82, 2.24) is 5.32 Å². The molecule has 0 amide bonds. The van der Waals surface area contributed by atoms with Gasteiger partial charge in [0.1, 0.15) is 5.70 Å². The SMILES string of the molecule is C=C/C=N\C(=C/CNC(=C)CCCCCCCCCCCCC)C(F)(F)F. The fourth-order valence-electron chi connectivity index (χ4n) is 2.76. The van der Waals surface area contributed by atoms with Crippen molar-refractivity contribution in [3.8, 4) is 0 Å². The van der Waals surface area contributed by atoms with Crippen molar-refractivity contribution in [2.75, 3.05) is 6.54 Å². The Balaban J connectivity index is 3.73. The number of nitrogens with one attached hydrogen (secondary N) is 1. The van der Waals surface area contributed by atoms with E-state index in [0.717, 1.165) is 37.3 Å². The minimum atomic E-state index is -4.46. The molecule has 0 aromatic carbocycles. The molecule has 27 heavy (non-hydrogen) atoms. The van der Waals surface area contributed by atoms with E-state index >= 15 is 0 Å². The van der Waals surface area contributed by atoms with Crippen molar-refractivity contribution in [1.29, 1.82) is 0 Å². The fourth-order valence-corrected chi connectivity index (χ4v) is 2.76. The van der Waals surface area contributed by atoms with E-state index in [0.29, 0.717) is 0 Å². The Kier molecular flexibility index (Phi) is 15.7. The van der Waals surface area contributed by atoms with Crippen molar-refractivity contribution < 1.29 is 13.2 Å². The normalized spacial score (nSPS) is 12.5. The van der Waals surface area contributed by atoms with Gasteiger partial charge in [-0.1, -0.05) is 90.4 Å². The van der Waals surface area contributed by atoms with Gasteiger partial charge in [-0.15, -0.1) is 0 Å². The van der Waals surface area contributed by atoms with Gasteiger partial charge in [-0.05, 0) is 18.9 Å². The molecular weight excluding hydrogens is 349 g/mol. The standard InChI is InChI=1S/C22H37F3N2/c1-4-6-7-8-9-10-11-12-13-14-15-16-20(3)26-19-17-21(22(23,24)25)27-18-5-2/h5,17-18,26H,2-4,6-16,19H2,1H3/b21-17-,27-18-. The van der Waals surface area contributed by atoms with Crippen LogP contribution in [0.5, 0.6) is 0 Å². The number of hydrogen-bond donors (Lipinski definition) is 1. The van der Waals surface area contributed by atoms with E-state index < -0.39 is 11.9 Å². The number of halogens is 3. The van der Waals surface area contributed by atoms with Crippen molar-refractivity contribution >= 4 is 6.21 Å². The Hall–Kier alpha value is -1.52. The van der Waals surface area contributed by atoms with Crippen LogP contribution in [-0.4, -0.2) is 18.9 Å². The van der Waals surface area contributed by atoms with E-state index in [1.165, 1.54) is 63.9 Å². The summed E-state index contributed by atoms with van der Waals surface area (Å²) in [4.78, 5) is 3.37. The molecule has 2 nitrogen and oxygen atoms in total. The lowest BCUT2D eigenvalue weighted by atomic mass is 10.0. The van der Waals surface area contributed by atoms with Gasteiger partial charge in [0, 0.05) is 18.5 Å². The van der Waals surface area contributed by atoms with Crippen LogP contribution in [0, 0.1) is 0 Å². The van der Waals surface area contributed by atoms with Gasteiger partial charge in [0.25, 0.3) is 0 Å². The molecule has 0 aromatic rings. The highest BCUT2D eigenvalue weighted by atomic mass is 19.4. The molecule has 0 spiro atoms. The largest absolute Gasteiger partial charge is 0.433 e. The van der Waals surface area contributed by atoms with Gasteiger partial charge < -0.3 is 5.32 Å². The summed E-state index contributed by atoms with van der Waals surface area (Å²) in [5.41, 5.74) is -0.145. The van der Waals surface area contributed by atoms with E-state index in [4.69, 9.17) is 0 Å². The Labute approximate surface area is 163 Å². The van der Waals surface area contributed by atoms with Crippen LogP contribution in [0.4, 0.5) is 13.2 Å². The maximum absolute atomic E-state index is 12.8. The van der Waals surface area contributed by atoms with Gasteiger partial charge in [-0.3, -0.25) is 4.99 Å². The first-order chi connectivity index (χ1) is 12.9. The molecule has 0 saturated carbocycles. The molecule has 0 bridgehead atoms. The number of hydrogen-bond acceptors (Lipinski definition) is 2. The lowest BCUT2D eigenvalue weighted by Crippen LogP contribution is -2.16. The summed E-state index contributed by atoms with van der Waals surface area (Å²) in [6.45, 7) is 9.52. The maximum Gasteiger partial charge on any atom is 0.433 e. The summed E-state index contributed by atoms with van der Waals surface area (Å²) in [7, 11) is 0. The third kappa shape index (κ3) is 16.4. The molecule has 0 atom stereocenters. The third-order valence-corrected chi connectivity index (χ3v) is 4.34. The van der Waals surface area contributed by atoms with Crippen LogP contribution < -0.4 is 5.32 Å². The predicted molar refractivity (Wildman–Crippen MR) is 111 cm³/mol. The van der Waals surface area contributed by atoms with E-state index in [1.807, 2.05) is 0 Å².